The topological polar surface area (TPSA) is 95.9 Å². The Hall–Kier alpha value is -3.61. The molecule has 2 unspecified atom stereocenters. The molecular weight excluding hydrogens is 444 g/mol. The Kier molecular flexibility index (Phi) is 6.57. The molecule has 2 aromatic carbocycles. The molecule has 0 saturated heterocycles. The van der Waals surface area contributed by atoms with Gasteiger partial charge in [-0.15, -0.1) is 0 Å². The van der Waals surface area contributed by atoms with Crippen LogP contribution in [0.4, 0.5) is 4.79 Å². The number of hydrogen-bond donors (Lipinski definition) is 2. The number of ether oxygens (including phenoxy) is 1. The Labute approximate surface area is 204 Å². The molecule has 7 heteroatoms. The number of carbonyl (C=O) groups is 3. The van der Waals surface area contributed by atoms with Crippen LogP contribution < -0.4 is 5.32 Å². The second kappa shape index (κ2) is 9.94. The zero-order chi connectivity index (χ0) is 24.4. The van der Waals surface area contributed by atoms with Crippen molar-refractivity contribution in [2.75, 3.05) is 13.2 Å². The quantitative estimate of drug-likeness (QED) is 0.556. The average molecular weight is 475 g/mol. The van der Waals surface area contributed by atoms with Crippen molar-refractivity contribution in [3.05, 3.63) is 71.8 Å². The lowest BCUT2D eigenvalue weighted by Gasteiger charge is -2.30. The van der Waals surface area contributed by atoms with Gasteiger partial charge in [0, 0.05) is 24.4 Å². The summed E-state index contributed by atoms with van der Waals surface area (Å²) in [6.07, 6.45) is 6.21. The van der Waals surface area contributed by atoms with Gasteiger partial charge in [0.25, 0.3) is 0 Å². The predicted octanol–water partition coefficient (Wildman–Crippen LogP) is 4.33. The number of nitrogens with zero attached hydrogens (tertiary/aromatic N) is 1. The number of benzene rings is 2. The SMILES string of the molecule is O=C(O)CCN(C(=O)C1CC=CC(NC(=O)OCC2c3ccccc3-c3ccccc32)C1)C1CC1. The lowest BCUT2D eigenvalue weighted by atomic mass is 9.89. The fraction of sp³-hybridized carbons (Fsp3) is 0.393. The molecular formula is C28H30N2O5. The Morgan fingerprint density at radius 1 is 1.00 bits per heavy atom. The molecule has 2 amide bonds. The van der Waals surface area contributed by atoms with E-state index in [0.29, 0.717) is 12.8 Å². The average Bonchev–Trinajstić information content (AvgIpc) is 3.65. The largest absolute Gasteiger partial charge is 0.481 e. The van der Waals surface area contributed by atoms with E-state index < -0.39 is 12.1 Å². The molecule has 0 heterocycles. The van der Waals surface area contributed by atoms with Crippen LogP contribution in [0.1, 0.15) is 49.1 Å². The molecule has 182 valence electrons. The van der Waals surface area contributed by atoms with Crippen molar-refractivity contribution in [1.82, 2.24) is 10.2 Å². The van der Waals surface area contributed by atoms with Crippen molar-refractivity contribution in [3.63, 3.8) is 0 Å². The number of allylic oxidation sites excluding steroid dienone is 1. The maximum atomic E-state index is 13.1. The first kappa shape index (κ1) is 23.1. The Bertz CT molecular complexity index is 1110. The van der Waals surface area contributed by atoms with Crippen LogP contribution in [0.2, 0.25) is 0 Å². The van der Waals surface area contributed by atoms with Crippen LogP contribution in [0, 0.1) is 5.92 Å². The van der Waals surface area contributed by atoms with Crippen molar-refractivity contribution < 1.29 is 24.2 Å². The highest BCUT2D eigenvalue weighted by Crippen LogP contribution is 2.44. The molecule has 0 bridgehead atoms. The van der Waals surface area contributed by atoms with Gasteiger partial charge in [-0.2, -0.15) is 0 Å². The Morgan fingerprint density at radius 2 is 1.66 bits per heavy atom. The maximum absolute atomic E-state index is 13.1. The molecule has 1 fully saturated rings. The van der Waals surface area contributed by atoms with E-state index >= 15 is 0 Å². The number of amides is 2. The van der Waals surface area contributed by atoms with Crippen LogP contribution in [0.25, 0.3) is 11.1 Å². The Morgan fingerprint density at radius 3 is 2.29 bits per heavy atom. The molecule has 0 spiro atoms. The number of nitrogens with one attached hydrogen (secondary N) is 1. The third-order valence-corrected chi connectivity index (χ3v) is 7.16. The van der Waals surface area contributed by atoms with Gasteiger partial charge < -0.3 is 20.1 Å². The summed E-state index contributed by atoms with van der Waals surface area (Å²) in [6, 6.07) is 16.3. The van der Waals surface area contributed by atoms with Crippen LogP contribution in [-0.4, -0.2) is 53.2 Å². The summed E-state index contributed by atoms with van der Waals surface area (Å²) in [5.41, 5.74) is 4.67. The highest BCUT2D eigenvalue weighted by atomic mass is 16.5. The van der Waals surface area contributed by atoms with Crippen LogP contribution in [0.3, 0.4) is 0 Å². The fourth-order valence-corrected chi connectivity index (χ4v) is 5.30. The molecule has 3 aliphatic rings. The lowest BCUT2D eigenvalue weighted by molar-refractivity contribution is -0.140. The summed E-state index contributed by atoms with van der Waals surface area (Å²) in [7, 11) is 0. The molecule has 5 rings (SSSR count). The number of carboxylic acid groups (broad SMARTS) is 1. The third-order valence-electron chi connectivity index (χ3n) is 7.16. The lowest BCUT2D eigenvalue weighted by Crippen LogP contribution is -2.44. The molecule has 2 atom stereocenters. The van der Waals surface area contributed by atoms with Crippen molar-refractivity contribution in [1.29, 1.82) is 0 Å². The van der Waals surface area contributed by atoms with E-state index in [1.54, 1.807) is 4.90 Å². The van der Waals surface area contributed by atoms with E-state index in [1.165, 1.54) is 11.1 Å². The predicted molar refractivity (Wildman–Crippen MR) is 131 cm³/mol. The number of fused-ring (bicyclic) bond motifs is 3. The van der Waals surface area contributed by atoms with Crippen LogP contribution in [0.15, 0.2) is 60.7 Å². The van der Waals surface area contributed by atoms with Gasteiger partial charge in [0.1, 0.15) is 6.61 Å². The summed E-state index contributed by atoms with van der Waals surface area (Å²) < 4.78 is 5.65. The first-order valence-electron chi connectivity index (χ1n) is 12.3. The summed E-state index contributed by atoms with van der Waals surface area (Å²) in [5.74, 6) is -1.20. The molecule has 2 aromatic rings. The van der Waals surface area contributed by atoms with Gasteiger partial charge in [-0.1, -0.05) is 60.7 Å². The molecule has 2 N–H and O–H groups in total. The fourth-order valence-electron chi connectivity index (χ4n) is 5.30. The maximum Gasteiger partial charge on any atom is 0.407 e. The van der Waals surface area contributed by atoms with E-state index in [-0.39, 0.29) is 49.4 Å². The number of carbonyl (C=O) groups excluding carboxylic acids is 2. The summed E-state index contributed by atoms with van der Waals surface area (Å²) in [5, 5.41) is 11.9. The van der Waals surface area contributed by atoms with Crippen molar-refractivity contribution in [2.24, 2.45) is 5.92 Å². The standard InChI is InChI=1S/C28H30N2O5/c31-26(32)14-15-30(20-12-13-20)27(33)18-6-5-7-19(16-18)29-28(34)35-17-25-23-10-3-1-8-21(23)22-9-2-4-11-24(22)25/h1-5,7-11,18-20,25H,6,12-17H2,(H,29,34)(H,31,32). The first-order valence-corrected chi connectivity index (χ1v) is 12.3. The smallest absolute Gasteiger partial charge is 0.407 e. The second-order valence-corrected chi connectivity index (χ2v) is 9.58. The summed E-state index contributed by atoms with van der Waals surface area (Å²) >= 11 is 0. The summed E-state index contributed by atoms with van der Waals surface area (Å²) in [6.45, 7) is 0.479. The van der Waals surface area contributed by atoms with Gasteiger partial charge in [0.15, 0.2) is 0 Å². The number of aliphatic carboxylic acids is 1. The van der Waals surface area contributed by atoms with Crippen molar-refractivity contribution in [3.8, 4) is 11.1 Å². The normalized spacial score (nSPS) is 20.6. The van der Waals surface area contributed by atoms with Gasteiger partial charge in [-0.05, 0) is 47.9 Å². The minimum absolute atomic E-state index is 0.00860. The molecule has 0 radical (unpaired) electrons. The highest BCUT2D eigenvalue weighted by molar-refractivity contribution is 5.81. The molecule has 35 heavy (non-hydrogen) atoms. The molecule has 7 nitrogen and oxygen atoms in total. The van der Waals surface area contributed by atoms with Crippen LogP contribution in [-0.2, 0) is 14.3 Å². The number of hydrogen-bond acceptors (Lipinski definition) is 4. The van der Waals surface area contributed by atoms with Gasteiger partial charge in [-0.25, -0.2) is 4.79 Å². The minimum Gasteiger partial charge on any atom is -0.481 e. The first-order chi connectivity index (χ1) is 17.0. The van der Waals surface area contributed by atoms with E-state index in [0.717, 1.165) is 24.0 Å². The Balaban J connectivity index is 1.17. The van der Waals surface area contributed by atoms with E-state index in [1.807, 2.05) is 36.4 Å². The van der Waals surface area contributed by atoms with E-state index in [2.05, 4.69) is 29.6 Å². The minimum atomic E-state index is -0.901. The zero-order valence-corrected chi connectivity index (χ0v) is 19.6. The second-order valence-electron chi connectivity index (χ2n) is 9.58. The highest BCUT2D eigenvalue weighted by Gasteiger charge is 2.37. The number of rotatable bonds is 8. The van der Waals surface area contributed by atoms with E-state index in [9.17, 15) is 14.4 Å². The van der Waals surface area contributed by atoms with E-state index in [4.69, 9.17) is 9.84 Å². The summed E-state index contributed by atoms with van der Waals surface area (Å²) in [4.78, 5) is 38.5. The monoisotopic (exact) mass is 474 g/mol. The number of carboxylic acids is 1. The van der Waals surface area contributed by atoms with Crippen molar-refractivity contribution in [2.45, 2.75) is 50.1 Å². The van der Waals surface area contributed by atoms with Crippen LogP contribution >= 0.6 is 0 Å². The van der Waals surface area contributed by atoms with Gasteiger partial charge in [0.05, 0.1) is 12.5 Å². The molecule has 0 aliphatic heterocycles. The molecule has 0 aromatic heterocycles. The zero-order valence-electron chi connectivity index (χ0n) is 19.6. The van der Waals surface area contributed by atoms with Gasteiger partial charge in [-0.3, -0.25) is 9.59 Å². The third kappa shape index (κ3) is 5.09. The molecule has 3 aliphatic carbocycles. The van der Waals surface area contributed by atoms with Gasteiger partial charge in [0.2, 0.25) is 5.91 Å². The number of alkyl carbamates (subject to hydrolysis) is 1. The van der Waals surface area contributed by atoms with Gasteiger partial charge >= 0.3 is 12.1 Å². The molecule has 1 saturated carbocycles. The van der Waals surface area contributed by atoms with Crippen LogP contribution in [0.5, 0.6) is 0 Å². The van der Waals surface area contributed by atoms with Crippen molar-refractivity contribution >= 4 is 18.0 Å².